The van der Waals surface area contributed by atoms with Crippen LogP contribution in [0.3, 0.4) is 0 Å². The van der Waals surface area contributed by atoms with Crippen molar-refractivity contribution in [3.05, 3.63) is 47.1 Å². The van der Waals surface area contributed by atoms with Gasteiger partial charge in [-0.05, 0) is 37.5 Å². The van der Waals surface area contributed by atoms with Crippen LogP contribution in [0.1, 0.15) is 38.3 Å². The second kappa shape index (κ2) is 9.44. The van der Waals surface area contributed by atoms with Gasteiger partial charge in [-0.3, -0.25) is 5.32 Å². The van der Waals surface area contributed by atoms with Gasteiger partial charge in [0, 0.05) is 30.8 Å². The van der Waals surface area contributed by atoms with E-state index in [0.29, 0.717) is 30.4 Å². The van der Waals surface area contributed by atoms with Crippen LogP contribution >= 0.6 is 11.6 Å². The summed E-state index contributed by atoms with van der Waals surface area (Å²) in [5, 5.41) is 17.0. The van der Waals surface area contributed by atoms with Crippen molar-refractivity contribution < 1.29 is 9.90 Å². The molecule has 136 valence electrons. The topological polar surface area (TPSA) is 70.4 Å². The summed E-state index contributed by atoms with van der Waals surface area (Å²) < 4.78 is 1.81. The van der Waals surface area contributed by atoms with E-state index in [1.807, 2.05) is 16.8 Å². The number of hydrogen-bond acceptors (Lipinski definition) is 3. The number of carbonyl (C=O) groups excluding carboxylic acids is 1. The zero-order chi connectivity index (χ0) is 18.2. The quantitative estimate of drug-likeness (QED) is 0.745. The monoisotopic (exact) mass is 364 g/mol. The molecule has 0 saturated carbocycles. The zero-order valence-corrected chi connectivity index (χ0v) is 15.4. The van der Waals surface area contributed by atoms with Crippen molar-refractivity contribution in [2.75, 3.05) is 18.5 Å². The zero-order valence-electron chi connectivity index (χ0n) is 14.7. The molecule has 7 heteroatoms. The Balaban J connectivity index is 2.10. The number of nitrogens with one attached hydrogen (secondary N) is 1. The molecule has 0 unspecified atom stereocenters. The van der Waals surface area contributed by atoms with E-state index >= 15 is 0 Å². The van der Waals surface area contributed by atoms with Crippen molar-refractivity contribution in [1.29, 1.82) is 0 Å². The van der Waals surface area contributed by atoms with Gasteiger partial charge in [-0.25, -0.2) is 9.48 Å². The Morgan fingerprint density at radius 2 is 2.08 bits per heavy atom. The van der Waals surface area contributed by atoms with Gasteiger partial charge in [-0.2, -0.15) is 5.10 Å². The number of rotatable bonds is 8. The van der Waals surface area contributed by atoms with Crippen LogP contribution in [0, 0.1) is 0 Å². The average molecular weight is 365 g/mol. The minimum absolute atomic E-state index is 0.0369. The van der Waals surface area contributed by atoms with Gasteiger partial charge in [0.1, 0.15) is 5.82 Å². The number of aromatic nitrogens is 2. The summed E-state index contributed by atoms with van der Waals surface area (Å²) in [4.78, 5) is 14.4. The van der Waals surface area contributed by atoms with Crippen LogP contribution in [0.15, 0.2) is 36.5 Å². The normalized spacial score (nSPS) is 12.0. The van der Waals surface area contributed by atoms with Gasteiger partial charge < -0.3 is 10.0 Å². The molecule has 0 fully saturated rings. The van der Waals surface area contributed by atoms with E-state index in [0.717, 1.165) is 12.0 Å². The number of carbonyl (C=O) groups is 1. The van der Waals surface area contributed by atoms with Crippen LogP contribution in [0.5, 0.6) is 0 Å². The molecule has 0 aliphatic carbocycles. The molecule has 0 saturated heterocycles. The molecule has 2 N–H and O–H groups in total. The smallest absolute Gasteiger partial charge is 0.323 e. The average Bonchev–Trinajstić information content (AvgIpc) is 3.07. The highest BCUT2D eigenvalue weighted by Crippen LogP contribution is 2.18. The minimum Gasteiger partial charge on any atom is -0.396 e. The number of urea groups is 1. The van der Waals surface area contributed by atoms with Crippen molar-refractivity contribution in [3.8, 4) is 0 Å². The van der Waals surface area contributed by atoms with E-state index in [9.17, 15) is 4.79 Å². The molecule has 6 nitrogen and oxygen atoms in total. The Hall–Kier alpha value is -2.05. The SMILES string of the molecule is CC[C@@H](C)n1nccc1NC(=O)N(CCCO)Cc1ccc(Cl)cc1. The summed E-state index contributed by atoms with van der Waals surface area (Å²) >= 11 is 5.91. The maximum atomic E-state index is 12.7. The van der Waals surface area contributed by atoms with Gasteiger partial charge in [0.15, 0.2) is 0 Å². The lowest BCUT2D eigenvalue weighted by molar-refractivity contribution is 0.199. The van der Waals surface area contributed by atoms with Gasteiger partial charge in [0.05, 0.1) is 12.2 Å². The van der Waals surface area contributed by atoms with Crippen molar-refractivity contribution in [2.24, 2.45) is 0 Å². The van der Waals surface area contributed by atoms with Crippen molar-refractivity contribution in [3.63, 3.8) is 0 Å². The highest BCUT2D eigenvalue weighted by atomic mass is 35.5. The van der Waals surface area contributed by atoms with Crippen molar-refractivity contribution in [1.82, 2.24) is 14.7 Å². The number of aliphatic hydroxyl groups is 1. The van der Waals surface area contributed by atoms with E-state index in [4.69, 9.17) is 16.7 Å². The molecule has 1 aromatic heterocycles. The molecule has 2 aromatic rings. The third-order valence-corrected chi connectivity index (χ3v) is 4.33. The van der Waals surface area contributed by atoms with Crippen LogP contribution in [0.25, 0.3) is 0 Å². The van der Waals surface area contributed by atoms with Crippen LogP contribution in [0.2, 0.25) is 5.02 Å². The molecule has 0 spiro atoms. The molecule has 1 aromatic carbocycles. The first kappa shape index (κ1) is 19.3. The van der Waals surface area contributed by atoms with E-state index < -0.39 is 0 Å². The summed E-state index contributed by atoms with van der Waals surface area (Å²) in [7, 11) is 0. The van der Waals surface area contributed by atoms with Crippen molar-refractivity contribution >= 4 is 23.4 Å². The van der Waals surface area contributed by atoms with Gasteiger partial charge in [0.2, 0.25) is 0 Å². The number of benzene rings is 1. The Morgan fingerprint density at radius 1 is 1.36 bits per heavy atom. The molecule has 0 bridgehead atoms. The molecule has 0 radical (unpaired) electrons. The largest absolute Gasteiger partial charge is 0.396 e. The standard InChI is InChI=1S/C18H25ClN4O2/c1-3-14(2)23-17(9-10-20-23)21-18(25)22(11-4-12-24)13-15-5-7-16(19)8-6-15/h5-10,14,24H,3-4,11-13H2,1-2H3,(H,21,25)/t14-/m1/s1. The van der Waals surface area contributed by atoms with Gasteiger partial charge in [-0.15, -0.1) is 0 Å². The van der Waals surface area contributed by atoms with E-state index in [1.165, 1.54) is 0 Å². The van der Waals surface area contributed by atoms with Crippen LogP contribution in [-0.4, -0.2) is 39.0 Å². The summed E-state index contributed by atoms with van der Waals surface area (Å²) in [6.45, 7) is 5.07. The van der Waals surface area contributed by atoms with Crippen LogP contribution in [0.4, 0.5) is 10.6 Å². The van der Waals surface area contributed by atoms with Gasteiger partial charge in [-0.1, -0.05) is 30.7 Å². The molecule has 25 heavy (non-hydrogen) atoms. The Bertz CT molecular complexity index is 672. The second-order valence-corrected chi connectivity index (χ2v) is 6.41. The molecule has 1 heterocycles. The van der Waals surface area contributed by atoms with Gasteiger partial charge >= 0.3 is 6.03 Å². The minimum atomic E-state index is -0.214. The third-order valence-electron chi connectivity index (χ3n) is 4.07. The Labute approximate surface area is 153 Å². The fraction of sp³-hybridized carbons (Fsp3) is 0.444. The predicted octanol–water partition coefficient (Wildman–Crippen LogP) is 3.92. The van der Waals surface area contributed by atoms with Crippen LogP contribution in [-0.2, 0) is 6.54 Å². The van der Waals surface area contributed by atoms with Crippen molar-refractivity contribution in [2.45, 2.75) is 39.3 Å². The first-order chi connectivity index (χ1) is 12.0. The van der Waals surface area contributed by atoms with E-state index in [-0.39, 0.29) is 18.7 Å². The Morgan fingerprint density at radius 3 is 2.72 bits per heavy atom. The maximum absolute atomic E-state index is 12.7. The molecular weight excluding hydrogens is 340 g/mol. The van der Waals surface area contributed by atoms with E-state index in [1.54, 1.807) is 29.3 Å². The summed E-state index contributed by atoms with van der Waals surface area (Å²) in [6, 6.07) is 9.17. The lowest BCUT2D eigenvalue weighted by Gasteiger charge is -2.24. The lowest BCUT2D eigenvalue weighted by Crippen LogP contribution is -2.36. The first-order valence-corrected chi connectivity index (χ1v) is 8.87. The highest BCUT2D eigenvalue weighted by Gasteiger charge is 2.17. The molecular formula is C18H25ClN4O2. The number of anilines is 1. The van der Waals surface area contributed by atoms with Gasteiger partial charge in [0.25, 0.3) is 0 Å². The van der Waals surface area contributed by atoms with Crippen LogP contribution < -0.4 is 5.32 Å². The molecule has 0 aliphatic rings. The number of halogens is 1. The number of amides is 2. The number of nitrogens with zero attached hydrogens (tertiary/aromatic N) is 3. The Kier molecular flexibility index (Phi) is 7.28. The fourth-order valence-electron chi connectivity index (χ4n) is 2.45. The number of hydrogen-bond donors (Lipinski definition) is 2. The lowest BCUT2D eigenvalue weighted by atomic mass is 10.2. The third kappa shape index (κ3) is 5.47. The van der Waals surface area contributed by atoms with E-state index in [2.05, 4.69) is 24.3 Å². The molecule has 1 atom stereocenters. The number of aliphatic hydroxyl groups excluding tert-OH is 1. The highest BCUT2D eigenvalue weighted by molar-refractivity contribution is 6.30. The second-order valence-electron chi connectivity index (χ2n) is 5.97. The molecule has 2 rings (SSSR count). The summed E-state index contributed by atoms with van der Waals surface area (Å²) in [5.41, 5.74) is 0.980. The molecule has 2 amide bonds. The first-order valence-electron chi connectivity index (χ1n) is 8.50. The fourth-order valence-corrected chi connectivity index (χ4v) is 2.58. The maximum Gasteiger partial charge on any atom is 0.323 e. The molecule has 0 aliphatic heterocycles. The summed E-state index contributed by atoms with van der Waals surface area (Å²) in [6.07, 6.45) is 3.12. The predicted molar refractivity (Wildman–Crippen MR) is 99.8 cm³/mol. The summed E-state index contributed by atoms with van der Waals surface area (Å²) in [5.74, 6) is 0.671.